The van der Waals surface area contributed by atoms with Gasteiger partial charge in [0.15, 0.2) is 5.78 Å². The van der Waals surface area contributed by atoms with Crippen LogP contribution in [0.2, 0.25) is 0 Å². The molecule has 0 fully saturated rings. The topological polar surface area (TPSA) is 77.4 Å². The van der Waals surface area contributed by atoms with Gasteiger partial charge in [0.25, 0.3) is 5.78 Å². The standard InChI is InChI=1S/C19H14N6OS2/c26-16(14-9-5-2-6-10-14)12-28-18-21-20-17-24(18)23-19-25(17)22-15(11-27-19)13-7-3-1-4-8-13/h1-10H,11-12H2. The molecule has 1 aliphatic heterocycles. The first-order valence-corrected chi connectivity index (χ1v) is 10.6. The Morgan fingerprint density at radius 2 is 1.79 bits per heavy atom. The van der Waals surface area contributed by atoms with Crippen LogP contribution in [0.5, 0.6) is 0 Å². The SMILES string of the molecule is O=C(CSc1nnc2n3c(nn12)SCC(c1ccccc1)=N3)c1ccccc1. The fourth-order valence-corrected chi connectivity index (χ4v) is 4.49. The van der Waals surface area contributed by atoms with Gasteiger partial charge in [0, 0.05) is 11.3 Å². The number of hydrogen-bond acceptors (Lipinski definition) is 7. The van der Waals surface area contributed by atoms with Gasteiger partial charge >= 0.3 is 0 Å². The van der Waals surface area contributed by atoms with Gasteiger partial charge in [0.2, 0.25) is 10.3 Å². The smallest absolute Gasteiger partial charge is 0.276 e. The number of fused-ring (bicyclic) bond motifs is 3. The molecule has 2 aromatic heterocycles. The first kappa shape index (κ1) is 17.2. The highest BCUT2D eigenvalue weighted by molar-refractivity contribution is 8.00. The van der Waals surface area contributed by atoms with Crippen molar-refractivity contribution in [2.24, 2.45) is 5.10 Å². The number of benzene rings is 2. The van der Waals surface area contributed by atoms with Crippen molar-refractivity contribution < 1.29 is 4.79 Å². The molecule has 3 heterocycles. The van der Waals surface area contributed by atoms with Gasteiger partial charge in [0.05, 0.1) is 11.5 Å². The number of Topliss-reactive ketones (excluding diaryl/α,β-unsaturated/α-hetero) is 1. The Morgan fingerprint density at radius 1 is 1.04 bits per heavy atom. The van der Waals surface area contributed by atoms with Crippen LogP contribution < -0.4 is 0 Å². The van der Waals surface area contributed by atoms with E-state index < -0.39 is 0 Å². The van der Waals surface area contributed by atoms with Gasteiger partial charge in [-0.25, -0.2) is 0 Å². The van der Waals surface area contributed by atoms with E-state index in [1.165, 1.54) is 11.8 Å². The van der Waals surface area contributed by atoms with Crippen LogP contribution in [0.4, 0.5) is 0 Å². The minimum atomic E-state index is 0.0464. The minimum absolute atomic E-state index is 0.0464. The number of aromatic nitrogens is 5. The molecule has 7 nitrogen and oxygen atoms in total. The molecule has 138 valence electrons. The summed E-state index contributed by atoms with van der Waals surface area (Å²) in [5.41, 5.74) is 2.73. The van der Waals surface area contributed by atoms with Crippen LogP contribution in [0.25, 0.3) is 5.78 Å². The Kier molecular flexibility index (Phi) is 4.46. The Bertz CT molecular complexity index is 1180. The number of hydrogen-bond donors (Lipinski definition) is 0. The molecule has 4 aromatic rings. The van der Waals surface area contributed by atoms with Crippen molar-refractivity contribution in [3.8, 4) is 0 Å². The zero-order valence-electron chi connectivity index (χ0n) is 14.6. The van der Waals surface area contributed by atoms with Gasteiger partial charge in [-0.3, -0.25) is 4.79 Å². The number of carbonyl (C=O) groups is 1. The predicted molar refractivity (Wildman–Crippen MR) is 109 cm³/mol. The fourth-order valence-electron chi connectivity index (χ4n) is 2.85. The Morgan fingerprint density at radius 3 is 2.57 bits per heavy atom. The van der Waals surface area contributed by atoms with Crippen LogP contribution in [0.3, 0.4) is 0 Å². The lowest BCUT2D eigenvalue weighted by Gasteiger charge is -2.11. The third kappa shape index (κ3) is 3.12. The first-order chi connectivity index (χ1) is 13.8. The van der Waals surface area contributed by atoms with Crippen LogP contribution in [-0.4, -0.2) is 47.5 Å². The maximum atomic E-state index is 12.3. The number of carbonyl (C=O) groups excluding carboxylic acids is 1. The van der Waals surface area contributed by atoms with E-state index in [-0.39, 0.29) is 11.5 Å². The highest BCUT2D eigenvalue weighted by Gasteiger charge is 2.23. The highest BCUT2D eigenvalue weighted by atomic mass is 32.2. The molecule has 0 bridgehead atoms. The summed E-state index contributed by atoms with van der Waals surface area (Å²) in [6, 6.07) is 19.3. The van der Waals surface area contributed by atoms with Crippen molar-refractivity contribution in [3.05, 3.63) is 71.8 Å². The normalized spacial score (nSPS) is 13.4. The van der Waals surface area contributed by atoms with E-state index in [0.717, 1.165) is 22.2 Å². The van der Waals surface area contributed by atoms with E-state index >= 15 is 0 Å². The summed E-state index contributed by atoms with van der Waals surface area (Å²) >= 11 is 2.93. The fraction of sp³-hybridized carbons (Fsp3) is 0.105. The molecule has 28 heavy (non-hydrogen) atoms. The first-order valence-electron chi connectivity index (χ1n) is 8.61. The molecule has 5 rings (SSSR count). The van der Waals surface area contributed by atoms with Crippen molar-refractivity contribution in [3.63, 3.8) is 0 Å². The molecule has 0 N–H and O–H groups in total. The zero-order chi connectivity index (χ0) is 18.9. The van der Waals surface area contributed by atoms with Crippen LogP contribution in [0.1, 0.15) is 15.9 Å². The van der Waals surface area contributed by atoms with Gasteiger partial charge in [-0.15, -0.1) is 15.3 Å². The molecule has 0 saturated heterocycles. The predicted octanol–water partition coefficient (Wildman–Crippen LogP) is 3.26. The molecule has 0 aliphatic carbocycles. The third-order valence-electron chi connectivity index (χ3n) is 4.25. The summed E-state index contributed by atoms with van der Waals surface area (Å²) < 4.78 is 3.37. The molecule has 1 aliphatic rings. The van der Waals surface area contributed by atoms with E-state index in [9.17, 15) is 4.79 Å². The summed E-state index contributed by atoms with van der Waals surface area (Å²) in [4.78, 5) is 12.3. The molecule has 2 aromatic carbocycles. The van der Waals surface area contributed by atoms with Crippen LogP contribution in [0.15, 0.2) is 76.1 Å². The quantitative estimate of drug-likeness (QED) is 0.374. The monoisotopic (exact) mass is 406 g/mol. The molecule has 0 saturated carbocycles. The second kappa shape index (κ2) is 7.25. The Hall–Kier alpha value is -2.91. The van der Waals surface area contributed by atoms with Crippen molar-refractivity contribution in [1.29, 1.82) is 0 Å². The van der Waals surface area contributed by atoms with Crippen molar-refractivity contribution in [2.45, 2.75) is 10.3 Å². The zero-order valence-corrected chi connectivity index (χ0v) is 16.2. The second-order valence-electron chi connectivity index (χ2n) is 6.07. The molecular weight excluding hydrogens is 392 g/mol. The second-order valence-corrected chi connectivity index (χ2v) is 7.95. The average molecular weight is 406 g/mol. The number of ketones is 1. The molecule has 0 atom stereocenters. The van der Waals surface area contributed by atoms with Gasteiger partial charge in [0.1, 0.15) is 0 Å². The number of thioether (sulfide) groups is 2. The van der Waals surface area contributed by atoms with Gasteiger partial charge in [-0.2, -0.15) is 14.3 Å². The summed E-state index contributed by atoms with van der Waals surface area (Å²) in [6.07, 6.45) is 0. The van der Waals surface area contributed by atoms with Crippen LogP contribution >= 0.6 is 23.5 Å². The van der Waals surface area contributed by atoms with Crippen molar-refractivity contribution in [2.75, 3.05) is 11.5 Å². The lowest BCUT2D eigenvalue weighted by molar-refractivity contribution is 0.102. The number of nitrogens with zero attached hydrogens (tertiary/aromatic N) is 6. The summed E-state index contributed by atoms with van der Waals surface area (Å²) in [5, 5.41) is 19.0. The Balaban J connectivity index is 1.41. The van der Waals surface area contributed by atoms with Gasteiger partial charge in [-0.1, -0.05) is 84.2 Å². The maximum Gasteiger partial charge on any atom is 0.276 e. The summed E-state index contributed by atoms with van der Waals surface area (Å²) in [5.74, 6) is 1.61. The summed E-state index contributed by atoms with van der Waals surface area (Å²) in [6.45, 7) is 0. The highest BCUT2D eigenvalue weighted by Crippen LogP contribution is 2.27. The molecule has 0 amide bonds. The van der Waals surface area contributed by atoms with Gasteiger partial charge in [-0.05, 0) is 5.56 Å². The summed E-state index contributed by atoms with van der Waals surface area (Å²) in [7, 11) is 0. The molecule has 9 heteroatoms. The van der Waals surface area contributed by atoms with E-state index in [1.54, 1.807) is 21.0 Å². The average Bonchev–Trinajstić information content (AvgIpc) is 3.32. The van der Waals surface area contributed by atoms with E-state index in [2.05, 4.69) is 15.3 Å². The molecule has 0 unspecified atom stereocenters. The third-order valence-corrected chi connectivity index (χ3v) is 6.10. The Labute approximate surface area is 168 Å². The maximum absolute atomic E-state index is 12.3. The van der Waals surface area contributed by atoms with Crippen LogP contribution in [0, 0.1) is 0 Å². The largest absolute Gasteiger partial charge is 0.293 e. The molecule has 0 radical (unpaired) electrons. The van der Waals surface area contributed by atoms with Gasteiger partial charge < -0.3 is 0 Å². The molecule has 0 spiro atoms. The molecular formula is C19H14N6OS2. The van der Waals surface area contributed by atoms with Crippen molar-refractivity contribution in [1.82, 2.24) is 24.5 Å². The lowest BCUT2D eigenvalue weighted by Crippen LogP contribution is -2.13. The van der Waals surface area contributed by atoms with E-state index in [4.69, 9.17) is 5.10 Å². The number of rotatable bonds is 5. The van der Waals surface area contributed by atoms with E-state index in [0.29, 0.717) is 16.5 Å². The van der Waals surface area contributed by atoms with Crippen molar-refractivity contribution >= 4 is 40.8 Å². The lowest BCUT2D eigenvalue weighted by atomic mass is 10.1. The van der Waals surface area contributed by atoms with E-state index in [1.807, 2.05) is 60.7 Å². The van der Waals surface area contributed by atoms with Crippen LogP contribution in [-0.2, 0) is 0 Å². The minimum Gasteiger partial charge on any atom is -0.293 e.